The average Bonchev–Trinajstić information content (AvgIpc) is 2.89. The minimum Gasteiger partial charge on any atom is -0.439 e. The van der Waals surface area contributed by atoms with Crippen molar-refractivity contribution < 1.29 is 8.81 Å². The second kappa shape index (κ2) is 4.85. The molecule has 3 atom stereocenters. The molecule has 2 aromatic rings. The van der Waals surface area contributed by atoms with Gasteiger partial charge in [-0.3, -0.25) is 0 Å². The molecule has 3 nitrogen and oxygen atoms in total. The van der Waals surface area contributed by atoms with Gasteiger partial charge >= 0.3 is 0 Å². The molecule has 1 saturated carbocycles. The number of aromatic nitrogens is 1. The SMILES string of the molecule is Fc1ccc2nc(C3CCC4CCCCC4N3)oc2c1. The third kappa shape index (κ3) is 2.12. The highest BCUT2D eigenvalue weighted by atomic mass is 19.1. The summed E-state index contributed by atoms with van der Waals surface area (Å²) in [6, 6.07) is 5.32. The standard InChI is InChI=1S/C16H19FN2O/c17-11-6-8-13-15(9-11)20-16(19-13)14-7-5-10-3-1-2-4-12(10)18-14/h6,8-10,12,14,18H,1-5,7H2. The van der Waals surface area contributed by atoms with E-state index in [1.54, 1.807) is 6.07 Å². The molecule has 0 radical (unpaired) electrons. The maximum atomic E-state index is 13.2. The molecular weight excluding hydrogens is 255 g/mol. The Hall–Kier alpha value is -1.42. The molecule has 0 amide bonds. The van der Waals surface area contributed by atoms with Crippen molar-refractivity contribution in [2.45, 2.75) is 50.6 Å². The smallest absolute Gasteiger partial charge is 0.212 e. The van der Waals surface area contributed by atoms with Crippen molar-refractivity contribution in [3.8, 4) is 0 Å². The highest BCUT2D eigenvalue weighted by Crippen LogP contribution is 2.37. The zero-order chi connectivity index (χ0) is 13.5. The Kier molecular flexibility index (Phi) is 2.99. The fraction of sp³-hybridized carbons (Fsp3) is 0.562. The van der Waals surface area contributed by atoms with Gasteiger partial charge in [-0.2, -0.15) is 0 Å². The van der Waals surface area contributed by atoms with Crippen LogP contribution in [-0.4, -0.2) is 11.0 Å². The molecule has 4 rings (SSSR count). The number of fused-ring (bicyclic) bond motifs is 2. The second-order valence-electron chi connectivity index (χ2n) is 6.11. The van der Waals surface area contributed by atoms with Crippen LogP contribution in [0, 0.1) is 11.7 Å². The summed E-state index contributed by atoms with van der Waals surface area (Å²) in [5.74, 6) is 1.26. The van der Waals surface area contributed by atoms with Crippen LogP contribution >= 0.6 is 0 Å². The number of halogens is 1. The van der Waals surface area contributed by atoms with Gasteiger partial charge in [0, 0.05) is 12.1 Å². The van der Waals surface area contributed by atoms with Gasteiger partial charge in [-0.25, -0.2) is 9.37 Å². The van der Waals surface area contributed by atoms with Crippen molar-refractivity contribution in [2.24, 2.45) is 5.92 Å². The van der Waals surface area contributed by atoms with Gasteiger partial charge in [0.25, 0.3) is 0 Å². The molecule has 2 fully saturated rings. The molecule has 2 heterocycles. The van der Waals surface area contributed by atoms with Crippen molar-refractivity contribution >= 4 is 11.1 Å². The van der Waals surface area contributed by atoms with Crippen molar-refractivity contribution in [1.82, 2.24) is 10.3 Å². The summed E-state index contributed by atoms with van der Waals surface area (Å²) < 4.78 is 19.0. The van der Waals surface area contributed by atoms with Crippen LogP contribution in [-0.2, 0) is 0 Å². The summed E-state index contributed by atoms with van der Waals surface area (Å²) in [6.45, 7) is 0. The summed E-state index contributed by atoms with van der Waals surface area (Å²) in [5.41, 5.74) is 1.29. The molecule has 4 heteroatoms. The summed E-state index contributed by atoms with van der Waals surface area (Å²) in [7, 11) is 0. The first kappa shape index (κ1) is 12.3. The number of oxazole rings is 1. The lowest BCUT2D eigenvalue weighted by molar-refractivity contribution is 0.164. The number of hydrogen-bond acceptors (Lipinski definition) is 3. The van der Waals surface area contributed by atoms with Crippen LogP contribution in [0.15, 0.2) is 22.6 Å². The first-order chi connectivity index (χ1) is 9.79. The van der Waals surface area contributed by atoms with Gasteiger partial charge < -0.3 is 9.73 Å². The Morgan fingerprint density at radius 3 is 3.00 bits per heavy atom. The zero-order valence-corrected chi connectivity index (χ0v) is 11.4. The summed E-state index contributed by atoms with van der Waals surface area (Å²) in [4.78, 5) is 4.52. The third-order valence-electron chi connectivity index (χ3n) is 4.82. The first-order valence-corrected chi connectivity index (χ1v) is 7.61. The van der Waals surface area contributed by atoms with E-state index in [1.165, 1.54) is 44.2 Å². The van der Waals surface area contributed by atoms with Crippen molar-refractivity contribution in [3.63, 3.8) is 0 Å². The molecule has 3 unspecified atom stereocenters. The molecule has 0 spiro atoms. The molecule has 20 heavy (non-hydrogen) atoms. The normalized spacial score (nSPS) is 30.4. The van der Waals surface area contributed by atoms with Crippen LogP contribution in [0.3, 0.4) is 0 Å². The monoisotopic (exact) mass is 274 g/mol. The largest absolute Gasteiger partial charge is 0.439 e. The molecule has 1 aromatic carbocycles. The van der Waals surface area contributed by atoms with Gasteiger partial charge in [0.2, 0.25) is 5.89 Å². The highest BCUT2D eigenvalue weighted by Gasteiger charge is 2.34. The summed E-state index contributed by atoms with van der Waals surface area (Å²) >= 11 is 0. The van der Waals surface area contributed by atoms with Gasteiger partial charge in [-0.1, -0.05) is 12.8 Å². The molecule has 1 aliphatic carbocycles. The fourth-order valence-electron chi connectivity index (χ4n) is 3.76. The van der Waals surface area contributed by atoms with Crippen LogP contribution in [0.5, 0.6) is 0 Å². The van der Waals surface area contributed by atoms with Gasteiger partial charge in [0.05, 0.1) is 6.04 Å². The van der Waals surface area contributed by atoms with Crippen LogP contribution in [0.4, 0.5) is 4.39 Å². The van der Waals surface area contributed by atoms with Gasteiger partial charge in [0.15, 0.2) is 5.58 Å². The van der Waals surface area contributed by atoms with E-state index in [4.69, 9.17) is 4.42 Å². The molecule has 1 N–H and O–H groups in total. The lowest BCUT2D eigenvalue weighted by atomic mass is 9.78. The molecule has 0 bridgehead atoms. The van der Waals surface area contributed by atoms with Crippen molar-refractivity contribution in [3.05, 3.63) is 29.9 Å². The molecule has 1 saturated heterocycles. The van der Waals surface area contributed by atoms with E-state index in [0.717, 1.165) is 23.7 Å². The Balaban J connectivity index is 1.59. The van der Waals surface area contributed by atoms with Gasteiger partial charge in [-0.05, 0) is 43.7 Å². The van der Waals surface area contributed by atoms with Crippen molar-refractivity contribution in [1.29, 1.82) is 0 Å². The number of nitrogens with one attached hydrogen (secondary N) is 1. The fourth-order valence-corrected chi connectivity index (χ4v) is 3.76. The number of benzene rings is 1. The van der Waals surface area contributed by atoms with E-state index in [1.807, 2.05) is 0 Å². The summed E-state index contributed by atoms with van der Waals surface area (Å²) in [5, 5.41) is 3.70. The number of rotatable bonds is 1. The van der Waals surface area contributed by atoms with E-state index >= 15 is 0 Å². The predicted octanol–water partition coefficient (Wildman–Crippen LogP) is 3.95. The second-order valence-corrected chi connectivity index (χ2v) is 6.11. The third-order valence-corrected chi connectivity index (χ3v) is 4.82. The molecule has 1 aliphatic heterocycles. The molecular formula is C16H19FN2O. The Bertz CT molecular complexity index is 624. The Labute approximate surface area is 117 Å². The lowest BCUT2D eigenvalue weighted by Crippen LogP contribution is -2.44. The minimum atomic E-state index is -0.274. The van der Waals surface area contributed by atoms with E-state index in [2.05, 4.69) is 10.3 Å². The predicted molar refractivity (Wildman–Crippen MR) is 74.8 cm³/mol. The van der Waals surface area contributed by atoms with E-state index in [9.17, 15) is 4.39 Å². The Morgan fingerprint density at radius 1 is 1.15 bits per heavy atom. The maximum Gasteiger partial charge on any atom is 0.212 e. The van der Waals surface area contributed by atoms with Crippen LogP contribution in [0.25, 0.3) is 11.1 Å². The van der Waals surface area contributed by atoms with Crippen molar-refractivity contribution in [2.75, 3.05) is 0 Å². The van der Waals surface area contributed by atoms with Crippen LogP contribution in [0.2, 0.25) is 0 Å². The van der Waals surface area contributed by atoms with E-state index in [-0.39, 0.29) is 11.9 Å². The van der Waals surface area contributed by atoms with Crippen LogP contribution in [0.1, 0.15) is 50.5 Å². The topological polar surface area (TPSA) is 38.1 Å². The van der Waals surface area contributed by atoms with E-state index in [0.29, 0.717) is 11.6 Å². The lowest BCUT2D eigenvalue weighted by Gasteiger charge is -2.39. The van der Waals surface area contributed by atoms with Crippen LogP contribution < -0.4 is 5.32 Å². The summed E-state index contributed by atoms with van der Waals surface area (Å²) in [6.07, 6.45) is 7.61. The molecule has 106 valence electrons. The Morgan fingerprint density at radius 2 is 2.05 bits per heavy atom. The number of hydrogen-bond donors (Lipinski definition) is 1. The molecule has 2 aliphatic rings. The maximum absolute atomic E-state index is 13.2. The van der Waals surface area contributed by atoms with Gasteiger partial charge in [0.1, 0.15) is 11.3 Å². The first-order valence-electron chi connectivity index (χ1n) is 7.61. The van der Waals surface area contributed by atoms with E-state index < -0.39 is 0 Å². The number of piperidine rings is 1. The molecule has 1 aromatic heterocycles. The zero-order valence-electron chi connectivity index (χ0n) is 11.4. The van der Waals surface area contributed by atoms with Gasteiger partial charge in [-0.15, -0.1) is 0 Å². The number of nitrogens with zero attached hydrogens (tertiary/aromatic N) is 1. The average molecular weight is 274 g/mol. The highest BCUT2D eigenvalue weighted by molar-refractivity contribution is 5.72. The minimum absolute atomic E-state index is 0.185. The quantitative estimate of drug-likeness (QED) is 0.855.